The molecule has 1 atom stereocenters. The number of rotatable bonds is 3. The molecule has 0 spiro atoms. The van der Waals surface area contributed by atoms with Crippen LogP contribution in [0.5, 0.6) is 0 Å². The highest BCUT2D eigenvalue weighted by molar-refractivity contribution is 6.31. The predicted octanol–water partition coefficient (Wildman–Crippen LogP) is 2.12. The molecule has 0 heterocycles. The van der Waals surface area contributed by atoms with Crippen LogP contribution in [0.25, 0.3) is 0 Å². The Morgan fingerprint density at radius 2 is 2.31 bits per heavy atom. The van der Waals surface area contributed by atoms with Gasteiger partial charge in [-0.2, -0.15) is 0 Å². The molecule has 0 amide bonds. The maximum Gasteiger partial charge on any atom is 0.166 e. The summed E-state index contributed by atoms with van der Waals surface area (Å²) in [5.74, 6) is -0.0940. The predicted molar refractivity (Wildman–Crippen MR) is 54.0 cm³/mol. The number of benzene rings is 1. The van der Waals surface area contributed by atoms with Crippen LogP contribution in [-0.4, -0.2) is 12.3 Å². The number of ketones is 1. The Morgan fingerprint density at radius 1 is 1.62 bits per heavy atom. The second-order valence-electron chi connectivity index (χ2n) is 3.01. The zero-order valence-electron chi connectivity index (χ0n) is 7.46. The van der Waals surface area contributed by atoms with Gasteiger partial charge in [0.15, 0.2) is 5.78 Å². The Hall–Kier alpha value is -0.860. The van der Waals surface area contributed by atoms with Gasteiger partial charge >= 0.3 is 0 Å². The van der Waals surface area contributed by atoms with E-state index in [9.17, 15) is 4.79 Å². The molecule has 1 unspecified atom stereocenters. The molecule has 2 nitrogen and oxygen atoms in total. The van der Waals surface area contributed by atoms with Gasteiger partial charge in [-0.1, -0.05) is 30.7 Å². The lowest BCUT2D eigenvalue weighted by molar-refractivity contribution is 0.0934. The van der Waals surface area contributed by atoms with Crippen molar-refractivity contribution in [2.24, 2.45) is 11.7 Å². The molecular weight excluding hydrogens is 186 g/mol. The maximum absolute atomic E-state index is 11.6. The number of hydrogen-bond acceptors (Lipinski definition) is 2. The smallest absolute Gasteiger partial charge is 0.166 e. The highest BCUT2D eigenvalue weighted by atomic mass is 35.5. The Kier molecular flexibility index (Phi) is 3.46. The minimum absolute atomic E-state index is 0.0463. The van der Waals surface area contributed by atoms with E-state index in [2.05, 4.69) is 0 Å². The summed E-state index contributed by atoms with van der Waals surface area (Å²) < 4.78 is 0. The fourth-order valence-electron chi connectivity index (χ4n) is 1.03. The van der Waals surface area contributed by atoms with Gasteiger partial charge in [-0.3, -0.25) is 4.79 Å². The highest BCUT2D eigenvalue weighted by Crippen LogP contribution is 2.13. The molecule has 3 heteroatoms. The van der Waals surface area contributed by atoms with Crippen LogP contribution in [0.2, 0.25) is 5.02 Å². The van der Waals surface area contributed by atoms with Crippen molar-refractivity contribution in [1.82, 2.24) is 0 Å². The number of carbonyl (C=O) groups is 1. The number of nitrogens with two attached hydrogens (primary N) is 1. The summed E-state index contributed by atoms with van der Waals surface area (Å²) in [6, 6.07) is 6.92. The summed E-state index contributed by atoms with van der Waals surface area (Å²) >= 11 is 5.75. The molecule has 0 aliphatic carbocycles. The lowest BCUT2D eigenvalue weighted by atomic mass is 10.00. The minimum atomic E-state index is -0.140. The van der Waals surface area contributed by atoms with Crippen molar-refractivity contribution < 1.29 is 4.79 Å². The molecule has 1 aromatic rings. The van der Waals surface area contributed by atoms with E-state index in [1.165, 1.54) is 0 Å². The molecule has 13 heavy (non-hydrogen) atoms. The number of carbonyl (C=O) groups excluding carboxylic acids is 1. The van der Waals surface area contributed by atoms with E-state index in [1.54, 1.807) is 24.3 Å². The number of halogens is 1. The molecule has 0 saturated carbocycles. The fraction of sp³-hybridized carbons (Fsp3) is 0.300. The van der Waals surface area contributed by atoms with Crippen molar-refractivity contribution in [3.05, 3.63) is 34.9 Å². The monoisotopic (exact) mass is 197 g/mol. The second-order valence-corrected chi connectivity index (χ2v) is 3.45. The lowest BCUT2D eigenvalue weighted by Gasteiger charge is -2.06. The summed E-state index contributed by atoms with van der Waals surface area (Å²) in [4.78, 5) is 11.6. The summed E-state index contributed by atoms with van der Waals surface area (Å²) in [5, 5.41) is 0.579. The average Bonchev–Trinajstić information content (AvgIpc) is 2.15. The standard InChI is InChI=1S/C10H12ClNO/c1-7(6-12)10(13)8-3-2-4-9(11)5-8/h2-5,7H,6,12H2,1H3. The van der Waals surface area contributed by atoms with Crippen molar-refractivity contribution in [2.75, 3.05) is 6.54 Å². The molecule has 1 rings (SSSR count). The van der Waals surface area contributed by atoms with Crippen molar-refractivity contribution in [3.63, 3.8) is 0 Å². The molecule has 0 radical (unpaired) electrons. The van der Waals surface area contributed by atoms with Gasteiger partial charge in [0.2, 0.25) is 0 Å². The molecule has 0 aromatic heterocycles. The van der Waals surface area contributed by atoms with Crippen molar-refractivity contribution >= 4 is 17.4 Å². The van der Waals surface area contributed by atoms with E-state index in [1.807, 2.05) is 6.92 Å². The molecule has 0 aliphatic heterocycles. The van der Waals surface area contributed by atoms with Crippen molar-refractivity contribution in [1.29, 1.82) is 0 Å². The summed E-state index contributed by atoms with van der Waals surface area (Å²) in [6.45, 7) is 2.18. The summed E-state index contributed by atoms with van der Waals surface area (Å²) in [5.41, 5.74) is 6.02. The topological polar surface area (TPSA) is 43.1 Å². The fourth-order valence-corrected chi connectivity index (χ4v) is 1.22. The molecule has 0 saturated heterocycles. The van der Waals surface area contributed by atoms with E-state index in [4.69, 9.17) is 17.3 Å². The van der Waals surface area contributed by atoms with Crippen LogP contribution in [0.1, 0.15) is 17.3 Å². The second kappa shape index (κ2) is 4.40. The molecule has 2 N–H and O–H groups in total. The van der Waals surface area contributed by atoms with Crippen LogP contribution < -0.4 is 5.73 Å². The van der Waals surface area contributed by atoms with Gasteiger partial charge in [-0.25, -0.2) is 0 Å². The Balaban J connectivity index is 2.89. The molecule has 0 bridgehead atoms. The van der Waals surface area contributed by atoms with Gasteiger partial charge in [0.25, 0.3) is 0 Å². The average molecular weight is 198 g/mol. The highest BCUT2D eigenvalue weighted by Gasteiger charge is 2.12. The zero-order chi connectivity index (χ0) is 9.84. The molecular formula is C10H12ClNO. The van der Waals surface area contributed by atoms with Crippen molar-refractivity contribution in [2.45, 2.75) is 6.92 Å². The first-order valence-corrected chi connectivity index (χ1v) is 4.52. The molecule has 0 fully saturated rings. The third-order valence-electron chi connectivity index (χ3n) is 1.91. The quantitative estimate of drug-likeness (QED) is 0.755. The Labute approximate surface area is 82.7 Å². The van der Waals surface area contributed by atoms with E-state index >= 15 is 0 Å². The van der Waals surface area contributed by atoms with Crippen molar-refractivity contribution in [3.8, 4) is 0 Å². The van der Waals surface area contributed by atoms with Gasteiger partial charge in [-0.05, 0) is 12.1 Å². The van der Waals surface area contributed by atoms with E-state index in [0.29, 0.717) is 17.1 Å². The third kappa shape index (κ3) is 2.54. The van der Waals surface area contributed by atoms with Gasteiger partial charge in [0.05, 0.1) is 0 Å². The summed E-state index contributed by atoms with van der Waals surface area (Å²) in [6.07, 6.45) is 0. The Morgan fingerprint density at radius 3 is 2.85 bits per heavy atom. The number of hydrogen-bond donors (Lipinski definition) is 1. The van der Waals surface area contributed by atoms with Gasteiger partial charge < -0.3 is 5.73 Å². The van der Waals surface area contributed by atoms with E-state index < -0.39 is 0 Å². The van der Waals surface area contributed by atoms with E-state index in [0.717, 1.165) is 0 Å². The van der Waals surface area contributed by atoms with E-state index in [-0.39, 0.29) is 11.7 Å². The maximum atomic E-state index is 11.6. The van der Waals surface area contributed by atoms with Gasteiger partial charge in [0, 0.05) is 23.0 Å². The van der Waals surface area contributed by atoms with Crippen LogP contribution in [0.3, 0.4) is 0 Å². The molecule has 70 valence electrons. The van der Waals surface area contributed by atoms with Gasteiger partial charge in [0.1, 0.15) is 0 Å². The first kappa shape index (κ1) is 10.2. The normalized spacial score (nSPS) is 12.5. The van der Waals surface area contributed by atoms with Gasteiger partial charge in [-0.15, -0.1) is 0 Å². The lowest BCUT2D eigenvalue weighted by Crippen LogP contribution is -2.20. The SMILES string of the molecule is CC(CN)C(=O)c1cccc(Cl)c1. The summed E-state index contributed by atoms with van der Waals surface area (Å²) in [7, 11) is 0. The van der Waals surface area contributed by atoms with Crippen LogP contribution in [0, 0.1) is 5.92 Å². The number of Topliss-reactive ketones (excluding diaryl/α,β-unsaturated/α-hetero) is 1. The van der Waals surface area contributed by atoms with Crippen LogP contribution in [0.4, 0.5) is 0 Å². The van der Waals surface area contributed by atoms with Crippen LogP contribution >= 0.6 is 11.6 Å². The third-order valence-corrected chi connectivity index (χ3v) is 2.15. The Bertz CT molecular complexity index is 312. The minimum Gasteiger partial charge on any atom is -0.330 e. The first-order valence-electron chi connectivity index (χ1n) is 4.15. The largest absolute Gasteiger partial charge is 0.330 e. The zero-order valence-corrected chi connectivity index (χ0v) is 8.21. The van der Waals surface area contributed by atoms with Crippen LogP contribution in [-0.2, 0) is 0 Å². The molecule has 1 aromatic carbocycles. The first-order chi connectivity index (χ1) is 6.15. The molecule has 0 aliphatic rings. The van der Waals surface area contributed by atoms with Crippen LogP contribution in [0.15, 0.2) is 24.3 Å².